The summed E-state index contributed by atoms with van der Waals surface area (Å²) in [5.74, 6) is -0.948. The van der Waals surface area contributed by atoms with Crippen molar-refractivity contribution >= 4 is 26.5 Å². The van der Waals surface area contributed by atoms with E-state index in [-0.39, 0.29) is 5.56 Å². The SMILES string of the molecule is CO/N=C(\Br)c1ccc(C(=O)O)cc1. The fraction of sp³-hybridized carbons (Fsp3) is 0.111. The molecular formula is C9H8BrNO3. The molecule has 0 amide bonds. The van der Waals surface area contributed by atoms with Gasteiger partial charge in [0, 0.05) is 5.56 Å². The Morgan fingerprint density at radius 3 is 2.29 bits per heavy atom. The molecular weight excluding hydrogens is 250 g/mol. The standard InChI is InChI=1S/C9H8BrNO3/c1-14-11-8(10)6-2-4-7(5-3-6)9(12)13/h2-5H,1H3,(H,12,13)/b11-8-. The molecule has 0 saturated carbocycles. The van der Waals surface area contributed by atoms with E-state index < -0.39 is 5.97 Å². The molecule has 5 heteroatoms. The average Bonchev–Trinajstić information content (AvgIpc) is 2.18. The Labute approximate surface area is 89.3 Å². The van der Waals surface area contributed by atoms with Gasteiger partial charge in [-0.15, -0.1) is 0 Å². The molecule has 14 heavy (non-hydrogen) atoms. The maximum atomic E-state index is 10.5. The van der Waals surface area contributed by atoms with Gasteiger partial charge in [0.05, 0.1) is 5.56 Å². The van der Waals surface area contributed by atoms with E-state index in [2.05, 4.69) is 25.9 Å². The Kier molecular flexibility index (Phi) is 3.64. The van der Waals surface area contributed by atoms with Crippen molar-refractivity contribution in [2.24, 2.45) is 5.16 Å². The maximum absolute atomic E-state index is 10.5. The molecule has 0 aliphatic rings. The first-order chi connectivity index (χ1) is 6.65. The van der Waals surface area contributed by atoms with Crippen LogP contribution in [0, 0.1) is 0 Å². The first-order valence-electron chi connectivity index (χ1n) is 3.75. The molecule has 0 aliphatic carbocycles. The second-order valence-electron chi connectivity index (χ2n) is 2.45. The first kappa shape index (κ1) is 10.7. The highest BCUT2D eigenvalue weighted by atomic mass is 79.9. The number of halogens is 1. The number of carboxylic acids is 1. The van der Waals surface area contributed by atoms with Gasteiger partial charge in [-0.3, -0.25) is 0 Å². The van der Waals surface area contributed by atoms with E-state index in [1.54, 1.807) is 12.1 Å². The van der Waals surface area contributed by atoms with Crippen molar-refractivity contribution in [2.45, 2.75) is 0 Å². The lowest BCUT2D eigenvalue weighted by Gasteiger charge is -1.98. The van der Waals surface area contributed by atoms with Crippen LogP contribution in [0.2, 0.25) is 0 Å². The average molecular weight is 258 g/mol. The molecule has 0 bridgehead atoms. The van der Waals surface area contributed by atoms with E-state index in [1.807, 2.05) is 0 Å². The highest BCUT2D eigenvalue weighted by Crippen LogP contribution is 2.09. The van der Waals surface area contributed by atoms with Gasteiger partial charge in [0.2, 0.25) is 0 Å². The molecule has 0 atom stereocenters. The van der Waals surface area contributed by atoms with E-state index in [1.165, 1.54) is 19.2 Å². The lowest BCUT2D eigenvalue weighted by Crippen LogP contribution is -1.97. The number of carboxylic acid groups (broad SMARTS) is 1. The summed E-state index contributed by atoms with van der Waals surface area (Å²) in [6, 6.07) is 6.31. The Balaban J connectivity index is 2.94. The summed E-state index contributed by atoms with van der Waals surface area (Å²) >= 11 is 3.19. The van der Waals surface area contributed by atoms with Crippen molar-refractivity contribution in [1.82, 2.24) is 0 Å². The molecule has 1 aromatic rings. The van der Waals surface area contributed by atoms with Gasteiger partial charge in [-0.1, -0.05) is 17.3 Å². The Morgan fingerprint density at radius 1 is 1.36 bits per heavy atom. The maximum Gasteiger partial charge on any atom is 0.335 e. The van der Waals surface area contributed by atoms with Crippen LogP contribution in [0.4, 0.5) is 0 Å². The third kappa shape index (κ3) is 2.56. The van der Waals surface area contributed by atoms with E-state index in [4.69, 9.17) is 5.11 Å². The summed E-state index contributed by atoms with van der Waals surface area (Å²) < 4.78 is 0.525. The molecule has 1 rings (SSSR count). The highest BCUT2D eigenvalue weighted by molar-refractivity contribution is 9.18. The molecule has 74 valence electrons. The number of oxime groups is 1. The summed E-state index contributed by atoms with van der Waals surface area (Å²) in [4.78, 5) is 15.1. The van der Waals surface area contributed by atoms with Crippen LogP contribution in [0.25, 0.3) is 0 Å². The Hall–Kier alpha value is -1.36. The summed E-state index contributed by atoms with van der Waals surface area (Å²) in [5, 5.41) is 12.3. The molecule has 0 unspecified atom stereocenters. The molecule has 0 heterocycles. The molecule has 1 N–H and O–H groups in total. The minimum absolute atomic E-state index is 0.242. The van der Waals surface area contributed by atoms with Crippen molar-refractivity contribution in [3.63, 3.8) is 0 Å². The number of benzene rings is 1. The van der Waals surface area contributed by atoms with Crippen LogP contribution >= 0.6 is 15.9 Å². The van der Waals surface area contributed by atoms with Crippen molar-refractivity contribution in [1.29, 1.82) is 0 Å². The minimum atomic E-state index is -0.948. The van der Waals surface area contributed by atoms with E-state index in [0.29, 0.717) is 4.62 Å². The normalized spacial score (nSPS) is 11.1. The van der Waals surface area contributed by atoms with E-state index in [0.717, 1.165) is 5.56 Å². The zero-order valence-corrected chi connectivity index (χ0v) is 8.98. The predicted octanol–water partition coefficient (Wildman–Crippen LogP) is 2.09. The summed E-state index contributed by atoms with van der Waals surface area (Å²) in [5.41, 5.74) is 1.00. The number of carbonyl (C=O) groups is 1. The Bertz CT molecular complexity index is 359. The van der Waals surface area contributed by atoms with E-state index in [9.17, 15) is 4.79 Å². The monoisotopic (exact) mass is 257 g/mol. The van der Waals surface area contributed by atoms with Gasteiger partial charge in [0.15, 0.2) is 4.62 Å². The zero-order valence-electron chi connectivity index (χ0n) is 7.40. The van der Waals surface area contributed by atoms with Crippen LogP contribution in [0.5, 0.6) is 0 Å². The van der Waals surface area contributed by atoms with Gasteiger partial charge in [0.25, 0.3) is 0 Å². The van der Waals surface area contributed by atoms with Crippen LogP contribution in [0.1, 0.15) is 15.9 Å². The third-order valence-electron chi connectivity index (χ3n) is 1.54. The van der Waals surface area contributed by atoms with Crippen LogP contribution in [0.3, 0.4) is 0 Å². The molecule has 1 aromatic carbocycles. The van der Waals surface area contributed by atoms with Gasteiger partial charge in [-0.05, 0) is 28.1 Å². The molecule has 4 nitrogen and oxygen atoms in total. The molecule has 0 aromatic heterocycles. The van der Waals surface area contributed by atoms with Gasteiger partial charge in [-0.25, -0.2) is 4.79 Å². The number of hydrogen-bond acceptors (Lipinski definition) is 3. The summed E-state index contributed by atoms with van der Waals surface area (Å²) in [6.45, 7) is 0. The van der Waals surface area contributed by atoms with Crippen LogP contribution in [0.15, 0.2) is 29.4 Å². The summed E-state index contributed by atoms with van der Waals surface area (Å²) in [7, 11) is 1.44. The van der Waals surface area contributed by atoms with Crippen molar-refractivity contribution < 1.29 is 14.7 Å². The van der Waals surface area contributed by atoms with Crippen LogP contribution in [-0.4, -0.2) is 22.8 Å². The number of nitrogens with zero attached hydrogens (tertiary/aromatic N) is 1. The minimum Gasteiger partial charge on any atom is -0.478 e. The zero-order chi connectivity index (χ0) is 10.6. The fourth-order valence-electron chi connectivity index (χ4n) is 0.883. The number of aromatic carboxylic acids is 1. The molecule has 0 aliphatic heterocycles. The number of hydrogen-bond donors (Lipinski definition) is 1. The molecule has 0 fully saturated rings. The van der Waals surface area contributed by atoms with Gasteiger partial charge >= 0.3 is 5.97 Å². The van der Waals surface area contributed by atoms with Gasteiger partial charge in [0.1, 0.15) is 7.11 Å². The molecule has 0 radical (unpaired) electrons. The number of rotatable bonds is 3. The van der Waals surface area contributed by atoms with Crippen molar-refractivity contribution in [3.05, 3.63) is 35.4 Å². The molecule has 0 spiro atoms. The lowest BCUT2D eigenvalue weighted by molar-refractivity contribution is 0.0697. The van der Waals surface area contributed by atoms with Crippen molar-refractivity contribution in [2.75, 3.05) is 7.11 Å². The second-order valence-corrected chi connectivity index (χ2v) is 3.20. The quantitative estimate of drug-likeness (QED) is 0.667. The van der Waals surface area contributed by atoms with Crippen LogP contribution in [-0.2, 0) is 4.84 Å². The third-order valence-corrected chi connectivity index (χ3v) is 2.14. The van der Waals surface area contributed by atoms with Gasteiger partial charge < -0.3 is 9.94 Å². The fourth-order valence-corrected chi connectivity index (χ4v) is 1.29. The first-order valence-corrected chi connectivity index (χ1v) is 4.55. The smallest absolute Gasteiger partial charge is 0.335 e. The summed E-state index contributed by atoms with van der Waals surface area (Å²) in [6.07, 6.45) is 0. The van der Waals surface area contributed by atoms with Crippen LogP contribution < -0.4 is 0 Å². The largest absolute Gasteiger partial charge is 0.478 e. The van der Waals surface area contributed by atoms with E-state index >= 15 is 0 Å². The lowest BCUT2D eigenvalue weighted by atomic mass is 10.1. The van der Waals surface area contributed by atoms with Crippen molar-refractivity contribution in [3.8, 4) is 0 Å². The van der Waals surface area contributed by atoms with Gasteiger partial charge in [-0.2, -0.15) is 0 Å². The predicted molar refractivity (Wildman–Crippen MR) is 55.9 cm³/mol. The second kappa shape index (κ2) is 4.76. The Morgan fingerprint density at radius 2 is 1.86 bits per heavy atom. The topological polar surface area (TPSA) is 58.9 Å². The molecule has 0 saturated heterocycles. The highest BCUT2D eigenvalue weighted by Gasteiger charge is 2.04.